The fourth-order valence-electron chi connectivity index (χ4n) is 4.56. The molecule has 1 fully saturated rings. The van der Waals surface area contributed by atoms with Crippen LogP contribution in [0, 0.1) is 5.82 Å². The standard InChI is InChI=1S/C22H21FN4O/c23-18-8-6-16(7-9-18)14-26-12-10-22(15-26)11-13-27-20(28)19(24-25-21(22)27)17-4-2-1-3-5-17/h1-9H,10-15H2/t22-/m0/s1. The second-order valence-corrected chi connectivity index (χ2v) is 7.81. The third-order valence-corrected chi connectivity index (χ3v) is 6.04. The maximum atomic E-state index is 13.1. The molecule has 0 radical (unpaired) electrons. The Balaban J connectivity index is 1.41. The van der Waals surface area contributed by atoms with Gasteiger partial charge in [0.15, 0.2) is 5.69 Å². The third kappa shape index (κ3) is 2.85. The van der Waals surface area contributed by atoms with Crippen LogP contribution < -0.4 is 5.56 Å². The van der Waals surface area contributed by atoms with Gasteiger partial charge < -0.3 is 0 Å². The zero-order valence-electron chi connectivity index (χ0n) is 15.5. The number of aromatic nitrogens is 3. The lowest BCUT2D eigenvalue weighted by molar-refractivity contribution is 0.299. The minimum atomic E-state index is -0.213. The van der Waals surface area contributed by atoms with Crippen molar-refractivity contribution in [3.8, 4) is 11.3 Å². The summed E-state index contributed by atoms with van der Waals surface area (Å²) in [7, 11) is 0. The van der Waals surface area contributed by atoms with Crippen LogP contribution >= 0.6 is 0 Å². The summed E-state index contributed by atoms with van der Waals surface area (Å²) in [5.41, 5.74) is 2.16. The van der Waals surface area contributed by atoms with E-state index in [9.17, 15) is 9.18 Å². The number of benzene rings is 2. The highest BCUT2D eigenvalue weighted by Gasteiger charge is 2.46. The molecule has 2 aromatic carbocycles. The highest BCUT2D eigenvalue weighted by molar-refractivity contribution is 5.57. The summed E-state index contributed by atoms with van der Waals surface area (Å²) < 4.78 is 15.0. The highest BCUT2D eigenvalue weighted by Crippen LogP contribution is 2.41. The Bertz CT molecular complexity index is 1060. The van der Waals surface area contributed by atoms with Crippen molar-refractivity contribution >= 4 is 0 Å². The number of halogens is 1. The van der Waals surface area contributed by atoms with Crippen molar-refractivity contribution in [2.24, 2.45) is 0 Å². The molecule has 0 unspecified atom stereocenters. The molecular weight excluding hydrogens is 355 g/mol. The smallest absolute Gasteiger partial charge is 0.280 e. The van der Waals surface area contributed by atoms with E-state index in [1.807, 2.05) is 47.0 Å². The van der Waals surface area contributed by atoms with Gasteiger partial charge in [0.05, 0.1) is 0 Å². The van der Waals surface area contributed by atoms with Crippen molar-refractivity contribution in [3.05, 3.63) is 82.2 Å². The van der Waals surface area contributed by atoms with Gasteiger partial charge in [0, 0.05) is 30.6 Å². The van der Waals surface area contributed by atoms with Crippen molar-refractivity contribution in [1.82, 2.24) is 19.7 Å². The minimum Gasteiger partial charge on any atom is -0.298 e. The van der Waals surface area contributed by atoms with Crippen LogP contribution in [-0.4, -0.2) is 32.8 Å². The number of rotatable bonds is 3. The molecule has 1 atom stereocenters. The second-order valence-electron chi connectivity index (χ2n) is 7.81. The maximum Gasteiger partial charge on any atom is 0.280 e. The Kier molecular flexibility index (Phi) is 4.09. The highest BCUT2D eigenvalue weighted by atomic mass is 19.1. The summed E-state index contributed by atoms with van der Waals surface area (Å²) in [6, 6.07) is 16.2. The quantitative estimate of drug-likeness (QED) is 0.705. The summed E-state index contributed by atoms with van der Waals surface area (Å²) >= 11 is 0. The molecule has 1 spiro atoms. The van der Waals surface area contributed by atoms with E-state index in [1.54, 1.807) is 0 Å². The topological polar surface area (TPSA) is 51.0 Å². The lowest BCUT2D eigenvalue weighted by Crippen LogP contribution is -2.33. The Morgan fingerprint density at radius 2 is 1.71 bits per heavy atom. The molecule has 2 aliphatic heterocycles. The Morgan fingerprint density at radius 1 is 0.964 bits per heavy atom. The monoisotopic (exact) mass is 376 g/mol. The number of nitrogens with zero attached hydrogens (tertiary/aromatic N) is 4. The van der Waals surface area contributed by atoms with Gasteiger partial charge in [0.25, 0.3) is 5.56 Å². The largest absolute Gasteiger partial charge is 0.298 e. The molecule has 6 heteroatoms. The number of hydrogen-bond acceptors (Lipinski definition) is 4. The van der Waals surface area contributed by atoms with Crippen molar-refractivity contribution in [2.75, 3.05) is 13.1 Å². The first kappa shape index (κ1) is 17.3. The van der Waals surface area contributed by atoms with Gasteiger partial charge in [-0.05, 0) is 37.1 Å². The SMILES string of the molecule is O=c1c(-c2ccccc2)nnc2n1CC[C@]21CCN(Cc2ccc(F)cc2)C1. The Labute approximate surface area is 162 Å². The average molecular weight is 376 g/mol. The van der Waals surface area contributed by atoms with Crippen LogP contribution in [0.1, 0.15) is 24.2 Å². The second kappa shape index (κ2) is 6.63. The molecule has 2 aliphatic rings. The Hall–Kier alpha value is -2.86. The lowest BCUT2D eigenvalue weighted by atomic mass is 9.85. The van der Waals surface area contributed by atoms with Gasteiger partial charge in [0.2, 0.25) is 0 Å². The van der Waals surface area contributed by atoms with Gasteiger partial charge >= 0.3 is 0 Å². The van der Waals surface area contributed by atoms with Crippen molar-refractivity contribution < 1.29 is 4.39 Å². The molecule has 1 aromatic heterocycles. The molecule has 28 heavy (non-hydrogen) atoms. The molecule has 142 valence electrons. The van der Waals surface area contributed by atoms with Gasteiger partial charge in [-0.25, -0.2) is 4.39 Å². The molecular formula is C22H21FN4O. The maximum absolute atomic E-state index is 13.1. The minimum absolute atomic E-state index is 0.0509. The van der Waals surface area contributed by atoms with E-state index in [2.05, 4.69) is 15.1 Å². The molecule has 0 bridgehead atoms. The van der Waals surface area contributed by atoms with Gasteiger partial charge in [-0.2, -0.15) is 0 Å². The van der Waals surface area contributed by atoms with Crippen LogP contribution in [0.4, 0.5) is 4.39 Å². The van der Waals surface area contributed by atoms with E-state index in [4.69, 9.17) is 0 Å². The summed E-state index contributed by atoms with van der Waals surface area (Å²) in [6.07, 6.45) is 1.88. The number of hydrogen-bond donors (Lipinski definition) is 0. The molecule has 0 aliphatic carbocycles. The number of fused-ring (bicyclic) bond motifs is 2. The zero-order chi connectivity index (χ0) is 19.1. The first-order chi connectivity index (χ1) is 13.6. The molecule has 3 aromatic rings. The van der Waals surface area contributed by atoms with E-state index in [0.29, 0.717) is 12.2 Å². The number of likely N-dealkylation sites (tertiary alicyclic amines) is 1. The van der Waals surface area contributed by atoms with Crippen LogP contribution in [0.3, 0.4) is 0 Å². The van der Waals surface area contributed by atoms with E-state index < -0.39 is 0 Å². The molecule has 0 N–H and O–H groups in total. The van der Waals surface area contributed by atoms with Gasteiger partial charge in [-0.3, -0.25) is 14.3 Å². The predicted molar refractivity (Wildman–Crippen MR) is 104 cm³/mol. The van der Waals surface area contributed by atoms with Crippen LogP contribution in [0.5, 0.6) is 0 Å². The summed E-state index contributed by atoms with van der Waals surface area (Å²) in [6.45, 7) is 3.26. The molecule has 5 nitrogen and oxygen atoms in total. The average Bonchev–Trinajstić information content (AvgIpc) is 3.30. The molecule has 0 saturated carbocycles. The normalized spacial score (nSPS) is 21.3. The molecule has 1 saturated heterocycles. The van der Waals surface area contributed by atoms with Crippen LogP contribution in [0.25, 0.3) is 11.3 Å². The fraction of sp³-hybridized carbons (Fsp3) is 0.318. The van der Waals surface area contributed by atoms with Crippen LogP contribution in [0.2, 0.25) is 0 Å². The summed E-state index contributed by atoms with van der Waals surface area (Å²) in [4.78, 5) is 15.4. The van der Waals surface area contributed by atoms with Crippen molar-refractivity contribution in [3.63, 3.8) is 0 Å². The summed E-state index contributed by atoms with van der Waals surface area (Å²) in [5.74, 6) is 0.606. The predicted octanol–water partition coefficient (Wildman–Crippen LogP) is 2.99. The van der Waals surface area contributed by atoms with E-state index in [1.165, 1.54) is 12.1 Å². The first-order valence-electron chi connectivity index (χ1n) is 9.65. The fourth-order valence-corrected chi connectivity index (χ4v) is 4.56. The van der Waals surface area contributed by atoms with E-state index >= 15 is 0 Å². The summed E-state index contributed by atoms with van der Waals surface area (Å²) in [5, 5.41) is 8.84. The van der Waals surface area contributed by atoms with Gasteiger partial charge in [0.1, 0.15) is 11.6 Å². The first-order valence-corrected chi connectivity index (χ1v) is 9.65. The molecule has 5 rings (SSSR count). The third-order valence-electron chi connectivity index (χ3n) is 6.04. The van der Waals surface area contributed by atoms with Crippen LogP contribution in [0.15, 0.2) is 59.4 Å². The van der Waals surface area contributed by atoms with Crippen LogP contribution in [-0.2, 0) is 18.5 Å². The lowest BCUT2D eigenvalue weighted by Gasteiger charge is -2.23. The van der Waals surface area contributed by atoms with Gasteiger partial charge in [-0.1, -0.05) is 42.5 Å². The zero-order valence-corrected chi connectivity index (χ0v) is 15.5. The molecule has 0 amide bonds. The molecule has 3 heterocycles. The van der Waals surface area contributed by atoms with E-state index in [0.717, 1.165) is 49.4 Å². The Morgan fingerprint density at radius 3 is 2.50 bits per heavy atom. The van der Waals surface area contributed by atoms with Crippen molar-refractivity contribution in [2.45, 2.75) is 31.3 Å². The van der Waals surface area contributed by atoms with E-state index in [-0.39, 0.29) is 16.8 Å². The van der Waals surface area contributed by atoms with Gasteiger partial charge in [-0.15, -0.1) is 10.2 Å². The van der Waals surface area contributed by atoms with Crippen molar-refractivity contribution in [1.29, 1.82) is 0 Å².